The third-order valence-corrected chi connectivity index (χ3v) is 13.6. The Hall–Kier alpha value is -5.64. The number of methoxy groups -OCH3 is 1. The molecule has 3 fully saturated rings. The number of amides is 4. The molecule has 2 aromatic heterocycles. The summed E-state index contributed by atoms with van der Waals surface area (Å²) < 4.78 is 52.3. The first-order chi connectivity index (χ1) is 29.0. The standard InChI is InChI=1S/C45H53N5O10S/c1-26-13-15-27(16-14-26)34-23-37(39-38(46-34)32-21-29(57-5)17-20-36(32)59-39)58-30-22-35-40(51)48-45(42(53)49-61(55,56)31-18-19-31)24-28(45)11-9-7-6-8-10-12-33(41(52)50(35)25-30)47-43(54)60-44(2,3)4/h9,11,13-17,20-21,23,28,30-31,33,35H,6-8,10,12,18-19,22,24-25H2,1-5H3,(H,47,54)(H,48,51)(H,49,53)/t28-,30-,33+,35+,45-/m1/s1. The average molecular weight is 856 g/mol. The maximum atomic E-state index is 14.8. The molecule has 324 valence electrons. The normalized spacial score (nSPS) is 24.8. The second-order valence-corrected chi connectivity index (χ2v) is 19.7. The van der Waals surface area contributed by atoms with Gasteiger partial charge in [0.2, 0.25) is 21.8 Å². The average Bonchev–Trinajstić information content (AvgIpc) is 4.11. The van der Waals surface area contributed by atoms with Gasteiger partial charge in [0, 0.05) is 24.0 Å². The summed E-state index contributed by atoms with van der Waals surface area (Å²) in [7, 11) is -2.34. The molecule has 16 heteroatoms. The van der Waals surface area contributed by atoms with Crippen LogP contribution in [0.15, 0.2) is 65.1 Å². The van der Waals surface area contributed by atoms with E-state index in [1.807, 2.05) is 49.4 Å². The quantitative estimate of drug-likeness (QED) is 0.171. The van der Waals surface area contributed by atoms with Crippen molar-refractivity contribution < 1.29 is 46.2 Å². The summed E-state index contributed by atoms with van der Waals surface area (Å²) in [5, 5.41) is 5.74. The fourth-order valence-electron chi connectivity index (χ4n) is 8.25. The van der Waals surface area contributed by atoms with E-state index < -0.39 is 74.3 Å². The lowest BCUT2D eigenvalue weighted by Gasteiger charge is -2.30. The summed E-state index contributed by atoms with van der Waals surface area (Å²) >= 11 is 0. The van der Waals surface area contributed by atoms with E-state index in [1.54, 1.807) is 46.1 Å². The van der Waals surface area contributed by atoms with Crippen LogP contribution in [0, 0.1) is 12.8 Å². The number of carbonyl (C=O) groups excluding carboxylic acids is 4. The Balaban J connectivity index is 1.16. The Labute approximate surface area is 355 Å². The molecule has 15 nitrogen and oxygen atoms in total. The highest BCUT2D eigenvalue weighted by molar-refractivity contribution is 7.91. The number of fused-ring (bicyclic) bond motifs is 5. The number of carbonyl (C=O) groups is 4. The number of sulfonamides is 1. The van der Waals surface area contributed by atoms with Crippen LogP contribution < -0.4 is 24.8 Å². The fraction of sp³-hybridized carbons (Fsp3) is 0.489. The van der Waals surface area contributed by atoms with Gasteiger partial charge in [-0.3, -0.25) is 19.1 Å². The SMILES string of the molecule is COc1ccc2oc3c(O[C@@H]4C[C@H]5C(=O)N[C@]6(C(=O)NS(=O)(=O)C7CC7)C[C@H]6C=CCCCCC[C@H](NC(=O)OC(C)(C)C)C(=O)N5C4)cc(-c4ccc(C)cc4)nc3c2c1. The zero-order valence-corrected chi connectivity index (χ0v) is 35.9. The van der Waals surface area contributed by atoms with Crippen molar-refractivity contribution in [3.05, 3.63) is 66.2 Å². The Bertz CT molecular complexity index is 2510. The van der Waals surface area contributed by atoms with Gasteiger partial charge in [-0.2, -0.15) is 0 Å². The lowest BCUT2D eigenvalue weighted by Crippen LogP contribution is -2.58. The van der Waals surface area contributed by atoms with Crippen molar-refractivity contribution in [3.8, 4) is 22.8 Å². The van der Waals surface area contributed by atoms with Crippen molar-refractivity contribution in [1.29, 1.82) is 0 Å². The number of benzene rings is 2. The maximum absolute atomic E-state index is 14.8. The van der Waals surface area contributed by atoms with Crippen LogP contribution in [0.4, 0.5) is 4.79 Å². The summed E-state index contributed by atoms with van der Waals surface area (Å²) in [5.74, 6) is -1.45. The Morgan fingerprint density at radius 1 is 1.02 bits per heavy atom. The number of pyridine rings is 1. The maximum Gasteiger partial charge on any atom is 0.408 e. The van der Waals surface area contributed by atoms with Crippen LogP contribution in [-0.2, 0) is 29.1 Å². The number of nitrogens with one attached hydrogen (secondary N) is 3. The number of allylic oxidation sites excluding steroid dienone is 1. The van der Waals surface area contributed by atoms with Gasteiger partial charge in [-0.15, -0.1) is 0 Å². The minimum absolute atomic E-state index is 0.00699. The Kier molecular flexibility index (Phi) is 11.3. The molecule has 2 aliphatic carbocycles. The third-order valence-electron chi connectivity index (χ3n) is 11.8. The van der Waals surface area contributed by atoms with Crippen molar-refractivity contribution in [2.45, 2.75) is 120 Å². The second kappa shape index (κ2) is 16.3. The van der Waals surface area contributed by atoms with Gasteiger partial charge in [0.1, 0.15) is 46.2 Å². The fourth-order valence-corrected chi connectivity index (χ4v) is 9.61. The van der Waals surface area contributed by atoms with E-state index in [1.165, 1.54) is 4.90 Å². The number of aromatic nitrogens is 1. The molecule has 4 amide bonds. The molecule has 2 aromatic carbocycles. The number of hydrogen-bond acceptors (Lipinski definition) is 11. The van der Waals surface area contributed by atoms with E-state index in [-0.39, 0.29) is 19.4 Å². The van der Waals surface area contributed by atoms with Gasteiger partial charge >= 0.3 is 6.09 Å². The molecule has 2 aliphatic heterocycles. The predicted octanol–water partition coefficient (Wildman–Crippen LogP) is 6.21. The van der Waals surface area contributed by atoms with Gasteiger partial charge in [0.25, 0.3) is 5.91 Å². The number of aryl methyl sites for hydroxylation is 1. The molecule has 0 bridgehead atoms. The molecule has 0 spiro atoms. The van der Waals surface area contributed by atoms with E-state index in [0.717, 1.165) is 24.0 Å². The van der Waals surface area contributed by atoms with Crippen molar-refractivity contribution in [3.63, 3.8) is 0 Å². The van der Waals surface area contributed by atoms with E-state index in [9.17, 15) is 27.6 Å². The van der Waals surface area contributed by atoms with Crippen LogP contribution in [0.25, 0.3) is 33.3 Å². The zero-order valence-electron chi connectivity index (χ0n) is 35.1. The van der Waals surface area contributed by atoms with Crippen molar-refractivity contribution in [1.82, 2.24) is 25.2 Å². The smallest absolute Gasteiger partial charge is 0.408 e. The van der Waals surface area contributed by atoms with Gasteiger partial charge in [0.15, 0.2) is 11.3 Å². The van der Waals surface area contributed by atoms with Crippen LogP contribution in [-0.4, -0.2) is 90.3 Å². The number of alkyl carbamates (subject to hydrolysis) is 1. The predicted molar refractivity (Wildman–Crippen MR) is 227 cm³/mol. The first-order valence-electron chi connectivity index (χ1n) is 21.0. The molecule has 0 unspecified atom stereocenters. The number of furan rings is 1. The van der Waals surface area contributed by atoms with Crippen molar-refractivity contribution in [2.75, 3.05) is 13.7 Å². The van der Waals surface area contributed by atoms with Crippen molar-refractivity contribution >= 4 is 55.9 Å². The highest BCUT2D eigenvalue weighted by Gasteiger charge is 2.62. The molecule has 4 aromatic rings. The highest BCUT2D eigenvalue weighted by atomic mass is 32.2. The zero-order chi connectivity index (χ0) is 43.3. The number of rotatable bonds is 8. The van der Waals surface area contributed by atoms with Crippen LogP contribution in [0.5, 0.6) is 11.5 Å². The molecule has 8 rings (SSSR count). The summed E-state index contributed by atoms with van der Waals surface area (Å²) in [6.45, 7) is 7.13. The Morgan fingerprint density at radius 2 is 1.79 bits per heavy atom. The van der Waals surface area contributed by atoms with E-state index in [2.05, 4.69) is 15.4 Å². The molecule has 4 heterocycles. The minimum Gasteiger partial charge on any atom is -0.497 e. The van der Waals surface area contributed by atoms with Gasteiger partial charge < -0.3 is 34.2 Å². The van der Waals surface area contributed by atoms with Gasteiger partial charge in [0.05, 0.1) is 30.0 Å². The minimum atomic E-state index is -3.92. The van der Waals surface area contributed by atoms with Crippen molar-refractivity contribution in [2.24, 2.45) is 5.92 Å². The monoisotopic (exact) mass is 855 g/mol. The molecule has 2 saturated carbocycles. The number of nitrogens with zero attached hydrogens (tertiary/aromatic N) is 2. The third kappa shape index (κ3) is 9.05. The molecular formula is C45H53N5O10S. The molecule has 4 aliphatic rings. The molecule has 5 atom stereocenters. The van der Waals surface area contributed by atoms with Crippen LogP contribution in [0.1, 0.15) is 84.1 Å². The lowest BCUT2D eigenvalue weighted by molar-refractivity contribution is -0.141. The lowest BCUT2D eigenvalue weighted by atomic mass is 10.0. The molecule has 3 N–H and O–H groups in total. The Morgan fingerprint density at radius 3 is 2.51 bits per heavy atom. The molecule has 0 radical (unpaired) electrons. The van der Waals surface area contributed by atoms with E-state index in [4.69, 9.17) is 23.6 Å². The van der Waals surface area contributed by atoms with Gasteiger partial charge in [-0.25, -0.2) is 18.2 Å². The van der Waals surface area contributed by atoms with Crippen LogP contribution in [0.2, 0.25) is 0 Å². The molecular weight excluding hydrogens is 803 g/mol. The topological polar surface area (TPSA) is 195 Å². The largest absolute Gasteiger partial charge is 0.497 e. The summed E-state index contributed by atoms with van der Waals surface area (Å²) in [5.41, 5.74) is 1.61. The second-order valence-electron chi connectivity index (χ2n) is 17.7. The molecule has 61 heavy (non-hydrogen) atoms. The first kappa shape index (κ1) is 42.1. The van der Waals surface area contributed by atoms with Gasteiger partial charge in [-0.1, -0.05) is 54.8 Å². The number of hydrogen-bond donors (Lipinski definition) is 3. The van der Waals surface area contributed by atoms with Gasteiger partial charge in [-0.05, 0) is 84.4 Å². The molecule has 1 saturated heterocycles. The van der Waals surface area contributed by atoms with Crippen LogP contribution in [0.3, 0.4) is 0 Å². The summed E-state index contributed by atoms with van der Waals surface area (Å²) in [6, 6.07) is 12.9. The van der Waals surface area contributed by atoms with Crippen LogP contribution >= 0.6 is 0 Å². The summed E-state index contributed by atoms with van der Waals surface area (Å²) in [6.07, 6.45) is 6.50. The van der Waals surface area contributed by atoms with E-state index in [0.29, 0.717) is 71.4 Å². The van der Waals surface area contributed by atoms with E-state index >= 15 is 0 Å². The first-order valence-corrected chi connectivity index (χ1v) is 22.6. The number of ether oxygens (including phenoxy) is 3. The summed E-state index contributed by atoms with van der Waals surface area (Å²) in [4.78, 5) is 62.8. The highest BCUT2D eigenvalue weighted by Crippen LogP contribution is 2.46.